The fraction of sp³-hybridized carbons (Fsp3) is 0.500. The van der Waals surface area contributed by atoms with Crippen molar-refractivity contribution in [3.05, 3.63) is 59.1 Å². The molecule has 1 fully saturated rings. The van der Waals surface area contributed by atoms with Crippen LogP contribution in [-0.2, 0) is 5.60 Å². The molecule has 4 heteroatoms. The largest absolute Gasteiger partial charge is 0.391 e. The summed E-state index contributed by atoms with van der Waals surface area (Å²) in [7, 11) is 0. The molecule has 0 spiro atoms. The minimum Gasteiger partial charge on any atom is -0.391 e. The van der Waals surface area contributed by atoms with E-state index in [1.807, 2.05) is 43.3 Å². The highest BCUT2D eigenvalue weighted by atomic mass is 35.5. The zero-order chi connectivity index (χ0) is 20.5. The van der Waals surface area contributed by atoms with Gasteiger partial charge in [0.25, 0.3) is 0 Å². The predicted molar refractivity (Wildman–Crippen MR) is 116 cm³/mol. The first-order valence-corrected chi connectivity index (χ1v) is 10.5. The van der Waals surface area contributed by atoms with E-state index < -0.39 is 11.7 Å². The monoisotopic (exact) mass is 401 g/mol. The van der Waals surface area contributed by atoms with Crippen LogP contribution in [0.3, 0.4) is 0 Å². The van der Waals surface area contributed by atoms with Gasteiger partial charge in [0.05, 0.1) is 11.7 Å². The van der Waals surface area contributed by atoms with Crippen LogP contribution in [0.1, 0.15) is 52.5 Å². The van der Waals surface area contributed by atoms with Gasteiger partial charge in [-0.2, -0.15) is 0 Å². The Morgan fingerprint density at radius 2 is 1.50 bits per heavy atom. The lowest BCUT2D eigenvalue weighted by Gasteiger charge is -2.34. The molecule has 0 amide bonds. The highest BCUT2D eigenvalue weighted by Crippen LogP contribution is 2.43. The fourth-order valence-electron chi connectivity index (χ4n) is 4.44. The first-order chi connectivity index (χ1) is 13.1. The van der Waals surface area contributed by atoms with E-state index >= 15 is 0 Å². The average Bonchev–Trinajstić information content (AvgIpc) is 3.01. The first-order valence-electron chi connectivity index (χ1n) is 10.2. The molecule has 152 valence electrons. The van der Waals surface area contributed by atoms with Gasteiger partial charge in [0.15, 0.2) is 0 Å². The van der Waals surface area contributed by atoms with Gasteiger partial charge >= 0.3 is 0 Å². The quantitative estimate of drug-likeness (QED) is 0.650. The number of aliphatic hydroxyl groups excluding tert-OH is 1. The maximum absolute atomic E-state index is 11.6. The molecule has 1 aliphatic rings. The van der Waals surface area contributed by atoms with E-state index in [0.717, 1.165) is 28.1 Å². The van der Waals surface area contributed by atoms with Crippen molar-refractivity contribution in [3.8, 4) is 11.1 Å². The Morgan fingerprint density at radius 3 is 2.00 bits per heavy atom. The smallest absolute Gasteiger partial charge is 0.0923 e. The Morgan fingerprint density at radius 1 is 0.964 bits per heavy atom. The summed E-state index contributed by atoms with van der Waals surface area (Å²) in [5.74, 6) is 0.0220. The third-order valence-corrected chi connectivity index (χ3v) is 6.18. The van der Waals surface area contributed by atoms with Crippen molar-refractivity contribution in [3.63, 3.8) is 0 Å². The number of halogens is 1. The van der Waals surface area contributed by atoms with Crippen LogP contribution < -0.4 is 5.32 Å². The molecule has 0 heterocycles. The Balaban J connectivity index is 1.81. The minimum absolute atomic E-state index is 0.0106. The van der Waals surface area contributed by atoms with Crippen molar-refractivity contribution in [1.82, 2.24) is 5.32 Å². The molecule has 28 heavy (non-hydrogen) atoms. The highest BCUT2D eigenvalue weighted by Gasteiger charge is 2.45. The molecular weight excluding hydrogens is 370 g/mol. The topological polar surface area (TPSA) is 52.5 Å². The molecule has 3 nitrogen and oxygen atoms in total. The molecule has 0 aliphatic heterocycles. The third-order valence-electron chi connectivity index (χ3n) is 5.92. The molecule has 0 saturated heterocycles. The van der Waals surface area contributed by atoms with Crippen LogP contribution in [0, 0.1) is 5.92 Å². The molecule has 4 atom stereocenters. The van der Waals surface area contributed by atoms with E-state index in [1.54, 1.807) is 0 Å². The summed E-state index contributed by atoms with van der Waals surface area (Å²) in [6.45, 7) is 8.33. The standard InChI is InChI=1S/C24H32ClNO2/c1-5-24(28,19-14-21(22(27)15-19)26-23(2,3)4)18-10-6-16(7-11-18)17-8-12-20(25)13-9-17/h6-13,19,21-22,26-28H,5,14-15H2,1-4H3/t19?,21-,22-,24-/m0/s1. The summed E-state index contributed by atoms with van der Waals surface area (Å²) in [5, 5.41) is 26.4. The summed E-state index contributed by atoms with van der Waals surface area (Å²) in [4.78, 5) is 0. The van der Waals surface area contributed by atoms with Crippen molar-refractivity contribution in [2.24, 2.45) is 5.92 Å². The molecule has 1 aliphatic carbocycles. The van der Waals surface area contributed by atoms with Gasteiger partial charge in [-0.25, -0.2) is 0 Å². The van der Waals surface area contributed by atoms with Crippen molar-refractivity contribution in [1.29, 1.82) is 0 Å². The zero-order valence-electron chi connectivity index (χ0n) is 17.2. The second-order valence-electron chi connectivity index (χ2n) is 9.10. The molecular formula is C24H32ClNO2. The van der Waals surface area contributed by atoms with Crippen LogP contribution in [0.15, 0.2) is 48.5 Å². The number of hydrogen-bond donors (Lipinski definition) is 3. The number of benzene rings is 2. The average molecular weight is 402 g/mol. The van der Waals surface area contributed by atoms with Crippen LogP contribution >= 0.6 is 11.6 Å². The van der Waals surface area contributed by atoms with Gasteiger partial charge in [0.1, 0.15) is 0 Å². The number of hydrogen-bond acceptors (Lipinski definition) is 3. The molecule has 2 aromatic carbocycles. The Bertz CT molecular complexity index is 782. The van der Waals surface area contributed by atoms with Crippen LogP contribution in [0.25, 0.3) is 11.1 Å². The summed E-state index contributed by atoms with van der Waals surface area (Å²) in [6.07, 6.45) is 1.56. The maximum atomic E-state index is 11.6. The maximum Gasteiger partial charge on any atom is 0.0923 e. The first kappa shape index (κ1) is 21.3. The van der Waals surface area contributed by atoms with Gasteiger partial charge in [-0.05, 0) is 74.8 Å². The molecule has 3 rings (SSSR count). The molecule has 1 unspecified atom stereocenters. The minimum atomic E-state index is -0.937. The van der Waals surface area contributed by atoms with Gasteiger partial charge in [-0.15, -0.1) is 0 Å². The second kappa shape index (κ2) is 8.16. The molecule has 2 aromatic rings. The van der Waals surface area contributed by atoms with Gasteiger partial charge in [-0.3, -0.25) is 0 Å². The lowest BCUT2D eigenvalue weighted by Crippen LogP contribution is -2.47. The van der Waals surface area contributed by atoms with E-state index in [2.05, 4.69) is 38.2 Å². The van der Waals surface area contributed by atoms with Crippen LogP contribution in [0.4, 0.5) is 0 Å². The van der Waals surface area contributed by atoms with Gasteiger partial charge < -0.3 is 15.5 Å². The van der Waals surface area contributed by atoms with E-state index in [9.17, 15) is 10.2 Å². The van der Waals surface area contributed by atoms with E-state index in [4.69, 9.17) is 11.6 Å². The zero-order valence-corrected chi connectivity index (χ0v) is 18.0. The molecule has 0 radical (unpaired) electrons. The lowest BCUT2D eigenvalue weighted by molar-refractivity contribution is -0.0301. The summed E-state index contributed by atoms with van der Waals surface area (Å²) in [5.41, 5.74) is 2.11. The third kappa shape index (κ3) is 4.60. The van der Waals surface area contributed by atoms with Crippen LogP contribution in [0.5, 0.6) is 0 Å². The lowest BCUT2D eigenvalue weighted by atomic mass is 9.77. The Labute approximate surface area is 173 Å². The predicted octanol–water partition coefficient (Wildman–Crippen LogP) is 5.13. The number of aliphatic hydroxyl groups is 2. The van der Waals surface area contributed by atoms with Crippen molar-refractivity contribution in [2.45, 2.75) is 70.2 Å². The number of rotatable bonds is 5. The van der Waals surface area contributed by atoms with Gasteiger partial charge in [-0.1, -0.05) is 54.9 Å². The Kier molecular flexibility index (Phi) is 6.21. The van der Waals surface area contributed by atoms with E-state index in [0.29, 0.717) is 12.8 Å². The summed E-state index contributed by atoms with van der Waals surface area (Å²) >= 11 is 5.98. The summed E-state index contributed by atoms with van der Waals surface area (Å²) in [6, 6.07) is 15.9. The van der Waals surface area contributed by atoms with E-state index in [1.165, 1.54) is 0 Å². The fourth-order valence-corrected chi connectivity index (χ4v) is 4.56. The van der Waals surface area contributed by atoms with Gasteiger partial charge in [0, 0.05) is 16.6 Å². The SMILES string of the molecule is CC[C@](O)(c1ccc(-c2ccc(Cl)cc2)cc1)C1C[C@H](NC(C)(C)C)[C@@H](O)C1. The Hall–Kier alpha value is -1.39. The number of nitrogens with one attached hydrogen (secondary N) is 1. The van der Waals surface area contributed by atoms with Crippen molar-refractivity contribution < 1.29 is 10.2 Å². The van der Waals surface area contributed by atoms with Crippen LogP contribution in [0.2, 0.25) is 5.02 Å². The van der Waals surface area contributed by atoms with Crippen molar-refractivity contribution >= 4 is 11.6 Å². The highest BCUT2D eigenvalue weighted by molar-refractivity contribution is 6.30. The molecule has 3 N–H and O–H groups in total. The molecule has 0 bridgehead atoms. The van der Waals surface area contributed by atoms with Gasteiger partial charge in [0.2, 0.25) is 0 Å². The molecule has 1 saturated carbocycles. The second-order valence-corrected chi connectivity index (χ2v) is 9.53. The summed E-state index contributed by atoms with van der Waals surface area (Å²) < 4.78 is 0. The van der Waals surface area contributed by atoms with Crippen molar-refractivity contribution in [2.75, 3.05) is 0 Å². The van der Waals surface area contributed by atoms with Crippen LogP contribution in [-0.4, -0.2) is 27.9 Å². The van der Waals surface area contributed by atoms with E-state index in [-0.39, 0.29) is 17.5 Å². The molecule has 0 aromatic heterocycles. The normalized spacial score (nSPS) is 24.9.